The van der Waals surface area contributed by atoms with Crippen LogP contribution in [0.2, 0.25) is 0 Å². The van der Waals surface area contributed by atoms with Crippen molar-refractivity contribution in [1.82, 2.24) is 0 Å². The zero-order valence-corrected chi connectivity index (χ0v) is 17.0. The van der Waals surface area contributed by atoms with Gasteiger partial charge in [-0.1, -0.05) is 78.9 Å². The van der Waals surface area contributed by atoms with Gasteiger partial charge in [-0.3, -0.25) is 0 Å². The van der Waals surface area contributed by atoms with Crippen molar-refractivity contribution in [3.63, 3.8) is 0 Å². The summed E-state index contributed by atoms with van der Waals surface area (Å²) in [5.74, 6) is 0. The molecule has 0 aromatic heterocycles. The topological polar surface area (TPSA) is 0 Å². The lowest BCUT2D eigenvalue weighted by atomic mass is 10.2. The molecule has 26 heavy (non-hydrogen) atoms. The fourth-order valence-electron chi connectivity index (χ4n) is 3.28. The van der Waals surface area contributed by atoms with Crippen LogP contribution in [0.25, 0.3) is 0 Å². The largest absolute Gasteiger partial charge is 0.323 e. The molecule has 0 saturated heterocycles. The second kappa shape index (κ2) is 8.62. The van der Waals surface area contributed by atoms with Crippen molar-refractivity contribution < 1.29 is 4.48 Å². The first-order valence-electron chi connectivity index (χ1n) is 9.48. The number of nitrogens with zero attached hydrogens (tertiary/aromatic N) is 1. The highest BCUT2D eigenvalue weighted by Gasteiger charge is 2.20. The molecule has 3 rings (SSSR count). The lowest BCUT2D eigenvalue weighted by molar-refractivity contribution is -0.919. The summed E-state index contributed by atoms with van der Waals surface area (Å²) in [4.78, 5) is 0. The molecule has 134 valence electrons. The Morgan fingerprint density at radius 3 is 1.65 bits per heavy atom. The predicted octanol–water partition coefficient (Wildman–Crippen LogP) is 4.43. The molecule has 0 aliphatic heterocycles. The van der Waals surface area contributed by atoms with Gasteiger partial charge in [0.1, 0.15) is 6.54 Å². The number of rotatable bonds is 7. The Labute approximate surface area is 159 Å². The summed E-state index contributed by atoms with van der Waals surface area (Å²) in [7, 11) is 1.83. The van der Waals surface area contributed by atoms with E-state index < -0.39 is 7.92 Å². The van der Waals surface area contributed by atoms with Crippen LogP contribution in [0.4, 0.5) is 0 Å². The quantitative estimate of drug-likeness (QED) is 0.431. The van der Waals surface area contributed by atoms with E-state index in [9.17, 15) is 0 Å². The van der Waals surface area contributed by atoms with Crippen LogP contribution >= 0.6 is 7.92 Å². The summed E-state index contributed by atoms with van der Waals surface area (Å²) < 4.78 is 1.08. The fourth-order valence-corrected chi connectivity index (χ4v) is 5.65. The molecule has 0 aliphatic carbocycles. The van der Waals surface area contributed by atoms with Gasteiger partial charge in [-0.2, -0.15) is 0 Å². The van der Waals surface area contributed by atoms with Crippen LogP contribution < -0.4 is 15.9 Å². The Balaban J connectivity index is 2.01. The van der Waals surface area contributed by atoms with Gasteiger partial charge in [0.15, 0.2) is 0 Å². The smallest absolute Gasteiger partial charge is 0.104 e. The summed E-state index contributed by atoms with van der Waals surface area (Å²) in [5.41, 5.74) is 1.44. The van der Waals surface area contributed by atoms with Crippen LogP contribution in [-0.4, -0.2) is 24.6 Å². The van der Waals surface area contributed by atoms with Crippen molar-refractivity contribution in [3.05, 3.63) is 90.5 Å². The highest BCUT2D eigenvalue weighted by Crippen LogP contribution is 2.33. The normalized spacial score (nSPS) is 11.7. The molecule has 3 aromatic rings. The minimum absolute atomic E-state index is 0.519. The summed E-state index contributed by atoms with van der Waals surface area (Å²) in [6.07, 6.45) is 0. The average molecular weight is 362 g/mol. The molecule has 3 aromatic carbocycles. The number of hydrogen-bond acceptors (Lipinski definition) is 0. The SMILES string of the molecule is CC[N+](C)(CC)Cc1cccc(P(c2ccccc2)c2ccccc2)c1. The standard InChI is InChI=1S/C24H29NP/c1-4-25(3,5-2)20-21-13-12-18-24(19-21)26(22-14-8-6-9-15-22)23-16-10-7-11-17-23/h6-19H,4-5,20H2,1-3H3/q+1. The molecule has 0 unspecified atom stereocenters. The van der Waals surface area contributed by atoms with Gasteiger partial charge in [0.25, 0.3) is 0 Å². The maximum Gasteiger partial charge on any atom is 0.104 e. The van der Waals surface area contributed by atoms with Gasteiger partial charge in [-0.25, -0.2) is 0 Å². The molecule has 0 heterocycles. The third-order valence-electron chi connectivity index (χ3n) is 5.29. The van der Waals surface area contributed by atoms with Gasteiger partial charge in [0.2, 0.25) is 0 Å². The molecule has 0 fully saturated rings. The van der Waals surface area contributed by atoms with E-state index in [1.54, 1.807) is 0 Å². The van der Waals surface area contributed by atoms with Gasteiger partial charge in [-0.15, -0.1) is 0 Å². The molecule has 2 heteroatoms. The molecule has 0 aliphatic rings. The Bertz CT molecular complexity index is 770. The molecule has 0 bridgehead atoms. The van der Waals surface area contributed by atoms with E-state index in [4.69, 9.17) is 0 Å². The molecule has 0 saturated carbocycles. The number of benzene rings is 3. The van der Waals surface area contributed by atoms with Crippen LogP contribution in [0.1, 0.15) is 19.4 Å². The molecule has 0 atom stereocenters. The Morgan fingerprint density at radius 1 is 0.654 bits per heavy atom. The zero-order chi connectivity index (χ0) is 18.4. The molecular weight excluding hydrogens is 333 g/mol. The van der Waals surface area contributed by atoms with Crippen LogP contribution in [0.15, 0.2) is 84.9 Å². The first-order chi connectivity index (χ1) is 12.6. The molecule has 0 amide bonds. The summed E-state index contributed by atoms with van der Waals surface area (Å²) in [5, 5.41) is 4.26. The minimum atomic E-state index is -0.519. The average Bonchev–Trinajstić information content (AvgIpc) is 2.70. The highest BCUT2D eigenvalue weighted by molar-refractivity contribution is 7.79. The van der Waals surface area contributed by atoms with E-state index >= 15 is 0 Å². The predicted molar refractivity (Wildman–Crippen MR) is 116 cm³/mol. The van der Waals surface area contributed by atoms with Gasteiger partial charge in [0, 0.05) is 5.56 Å². The molecule has 0 N–H and O–H groups in total. The van der Waals surface area contributed by atoms with Gasteiger partial charge in [-0.05, 0) is 43.7 Å². The van der Waals surface area contributed by atoms with Crippen LogP contribution in [0.5, 0.6) is 0 Å². The van der Waals surface area contributed by atoms with Crippen LogP contribution in [0.3, 0.4) is 0 Å². The zero-order valence-electron chi connectivity index (χ0n) is 16.1. The first-order valence-corrected chi connectivity index (χ1v) is 10.8. The number of quaternary nitrogens is 1. The Hall–Kier alpha value is -1.95. The van der Waals surface area contributed by atoms with E-state index in [1.165, 1.54) is 21.5 Å². The third kappa shape index (κ3) is 4.41. The van der Waals surface area contributed by atoms with E-state index in [2.05, 4.69) is 106 Å². The molecular formula is C24H29NP+. The third-order valence-corrected chi connectivity index (χ3v) is 7.71. The lowest BCUT2D eigenvalue weighted by Crippen LogP contribution is -2.42. The summed E-state index contributed by atoms with van der Waals surface area (Å²) >= 11 is 0. The van der Waals surface area contributed by atoms with Crippen LogP contribution in [0, 0.1) is 0 Å². The van der Waals surface area contributed by atoms with Crippen LogP contribution in [-0.2, 0) is 6.54 Å². The van der Waals surface area contributed by atoms with Gasteiger partial charge >= 0.3 is 0 Å². The monoisotopic (exact) mass is 362 g/mol. The van der Waals surface area contributed by atoms with Crippen molar-refractivity contribution in [2.45, 2.75) is 20.4 Å². The second-order valence-electron chi connectivity index (χ2n) is 7.09. The van der Waals surface area contributed by atoms with Crippen molar-refractivity contribution in [2.24, 2.45) is 0 Å². The Morgan fingerprint density at radius 2 is 1.15 bits per heavy atom. The molecule has 0 spiro atoms. The summed E-state index contributed by atoms with van der Waals surface area (Å²) in [6, 6.07) is 31.1. The van der Waals surface area contributed by atoms with Crippen molar-refractivity contribution in [1.29, 1.82) is 0 Å². The maximum atomic E-state index is 2.44. The highest BCUT2D eigenvalue weighted by atomic mass is 31.1. The first kappa shape index (κ1) is 18.8. The Kier molecular flexibility index (Phi) is 6.25. The number of hydrogen-bond donors (Lipinski definition) is 0. The summed E-state index contributed by atoms with van der Waals surface area (Å²) in [6.45, 7) is 7.98. The molecule has 1 nitrogen and oxygen atoms in total. The van der Waals surface area contributed by atoms with Crippen molar-refractivity contribution in [2.75, 3.05) is 20.1 Å². The maximum absolute atomic E-state index is 2.44. The van der Waals surface area contributed by atoms with Gasteiger partial charge in [0.05, 0.1) is 20.1 Å². The van der Waals surface area contributed by atoms with Gasteiger partial charge < -0.3 is 4.48 Å². The fraction of sp³-hybridized carbons (Fsp3) is 0.250. The minimum Gasteiger partial charge on any atom is -0.323 e. The van der Waals surface area contributed by atoms with E-state index in [-0.39, 0.29) is 0 Å². The van der Waals surface area contributed by atoms with E-state index in [0.717, 1.165) is 24.1 Å². The van der Waals surface area contributed by atoms with E-state index in [0.29, 0.717) is 0 Å². The van der Waals surface area contributed by atoms with Crippen molar-refractivity contribution in [3.8, 4) is 0 Å². The molecule has 0 radical (unpaired) electrons. The lowest BCUT2D eigenvalue weighted by Gasteiger charge is -2.32. The van der Waals surface area contributed by atoms with E-state index in [1.807, 2.05) is 0 Å². The van der Waals surface area contributed by atoms with Crippen molar-refractivity contribution >= 4 is 23.8 Å². The second-order valence-corrected chi connectivity index (χ2v) is 9.31.